The molecule has 1 unspecified atom stereocenters. The average Bonchev–Trinajstić information content (AvgIpc) is 3.28. The quantitative estimate of drug-likeness (QED) is 0.150. The van der Waals surface area contributed by atoms with Crippen molar-refractivity contribution in [1.82, 2.24) is 5.16 Å². The van der Waals surface area contributed by atoms with Crippen LogP contribution in [0.15, 0.2) is 88.3 Å². The van der Waals surface area contributed by atoms with E-state index in [1.54, 1.807) is 13.0 Å². The molecule has 0 fully saturated rings. The molecule has 0 spiro atoms. The van der Waals surface area contributed by atoms with Crippen LogP contribution in [0.25, 0.3) is 0 Å². The van der Waals surface area contributed by atoms with Crippen molar-refractivity contribution in [3.05, 3.63) is 106 Å². The van der Waals surface area contributed by atoms with Crippen molar-refractivity contribution >= 4 is 33.0 Å². The number of carbonyl (C=O) groups is 1. The van der Waals surface area contributed by atoms with E-state index in [1.165, 1.54) is 72.8 Å². The molecule has 12 heteroatoms. The zero-order chi connectivity index (χ0) is 26.6. The number of anilines is 2. The lowest BCUT2D eigenvalue weighted by Gasteiger charge is -2.20. The van der Waals surface area contributed by atoms with Crippen molar-refractivity contribution < 1.29 is 27.8 Å². The number of nitro benzene ring substituents is 1. The van der Waals surface area contributed by atoms with Crippen LogP contribution in [0, 0.1) is 17.0 Å². The molecule has 3 aromatic carbocycles. The molecule has 1 aromatic heterocycles. The number of Topliss-reactive ketones (excluding diaryl/α,β-unsaturated/α-hetero) is 1. The first-order chi connectivity index (χ1) is 17.6. The van der Waals surface area contributed by atoms with Gasteiger partial charge in [0.2, 0.25) is 0 Å². The Kier molecular flexibility index (Phi) is 7.20. The van der Waals surface area contributed by atoms with E-state index in [9.17, 15) is 28.4 Å². The van der Waals surface area contributed by atoms with Gasteiger partial charge in [-0.1, -0.05) is 17.3 Å². The fourth-order valence-corrected chi connectivity index (χ4v) is 4.58. The van der Waals surface area contributed by atoms with Gasteiger partial charge in [-0.2, -0.15) is 0 Å². The topological polar surface area (TPSA) is 165 Å². The molecule has 0 amide bonds. The summed E-state index contributed by atoms with van der Waals surface area (Å²) in [7, 11) is -3.92. The van der Waals surface area contributed by atoms with Crippen molar-refractivity contribution in [3.8, 4) is 5.75 Å². The van der Waals surface area contributed by atoms with Gasteiger partial charge in [0.05, 0.1) is 15.9 Å². The Morgan fingerprint density at radius 3 is 2.41 bits per heavy atom. The van der Waals surface area contributed by atoms with Crippen LogP contribution < -0.4 is 10.0 Å². The van der Waals surface area contributed by atoms with Crippen molar-refractivity contribution in [2.24, 2.45) is 0 Å². The monoisotopic (exact) mass is 522 g/mol. The molecule has 0 bridgehead atoms. The standard InChI is InChI=1S/C25H22N4O7S/c1-16-13-25(27-36-16)28-37(34,35)22-11-7-19(8-12-22)26-23(18-3-2-4-20(14-18)29(32)33)15-24(31)17-5-9-21(30)10-6-17/h2-14,23,26,30H,15H2,1H3,(H,27,28). The van der Waals surface area contributed by atoms with Gasteiger partial charge >= 0.3 is 0 Å². The molecule has 11 nitrogen and oxygen atoms in total. The number of aromatic hydroxyl groups is 1. The number of sulfonamides is 1. The van der Waals surface area contributed by atoms with Gasteiger partial charge in [-0.15, -0.1) is 0 Å². The molecule has 4 aromatic rings. The molecular weight excluding hydrogens is 500 g/mol. The highest BCUT2D eigenvalue weighted by Crippen LogP contribution is 2.28. The number of nitrogens with zero attached hydrogens (tertiary/aromatic N) is 2. The van der Waals surface area contributed by atoms with Crippen LogP contribution in [0.4, 0.5) is 17.2 Å². The summed E-state index contributed by atoms with van der Waals surface area (Å²) in [4.78, 5) is 23.7. The maximum atomic E-state index is 13.0. The minimum Gasteiger partial charge on any atom is -0.508 e. The van der Waals surface area contributed by atoms with Crippen molar-refractivity contribution in [3.63, 3.8) is 0 Å². The molecule has 0 saturated heterocycles. The van der Waals surface area contributed by atoms with E-state index in [-0.39, 0.29) is 34.4 Å². The third kappa shape index (κ3) is 6.30. The van der Waals surface area contributed by atoms with Gasteiger partial charge in [-0.25, -0.2) is 8.42 Å². The molecule has 0 radical (unpaired) electrons. The van der Waals surface area contributed by atoms with Gasteiger partial charge in [0.25, 0.3) is 15.7 Å². The normalized spacial score (nSPS) is 12.0. The number of ketones is 1. The number of hydrogen-bond donors (Lipinski definition) is 3. The molecule has 0 aliphatic heterocycles. The van der Waals surface area contributed by atoms with E-state index in [1.807, 2.05) is 0 Å². The second-order valence-electron chi connectivity index (χ2n) is 8.18. The molecule has 1 atom stereocenters. The Labute approximate surface area is 211 Å². The Morgan fingerprint density at radius 2 is 1.78 bits per heavy atom. The predicted molar refractivity (Wildman–Crippen MR) is 135 cm³/mol. The summed E-state index contributed by atoms with van der Waals surface area (Å²) in [5, 5.41) is 27.6. The molecule has 37 heavy (non-hydrogen) atoms. The number of phenols is 1. The Hall–Kier alpha value is -4.71. The number of phenolic OH excluding ortho intramolecular Hbond substituents is 1. The molecule has 190 valence electrons. The molecule has 3 N–H and O–H groups in total. The lowest BCUT2D eigenvalue weighted by atomic mass is 9.97. The van der Waals surface area contributed by atoms with Gasteiger partial charge in [0, 0.05) is 35.9 Å². The van der Waals surface area contributed by atoms with Crippen molar-refractivity contribution in [2.45, 2.75) is 24.3 Å². The third-order valence-electron chi connectivity index (χ3n) is 5.43. The van der Waals surface area contributed by atoms with Gasteiger partial charge in [0.1, 0.15) is 11.5 Å². The van der Waals surface area contributed by atoms with E-state index in [0.717, 1.165) is 0 Å². The van der Waals surface area contributed by atoms with E-state index in [0.29, 0.717) is 22.6 Å². The van der Waals surface area contributed by atoms with E-state index in [4.69, 9.17) is 4.52 Å². The molecule has 0 aliphatic carbocycles. The minimum absolute atomic E-state index is 0.0214. The highest BCUT2D eigenvalue weighted by Gasteiger charge is 2.21. The molecule has 1 heterocycles. The number of benzene rings is 3. The first-order valence-electron chi connectivity index (χ1n) is 11.0. The average molecular weight is 523 g/mol. The SMILES string of the molecule is Cc1cc(NS(=O)(=O)c2ccc(NC(CC(=O)c3ccc(O)cc3)c3cccc([N+](=O)[O-])c3)cc2)no1. The van der Waals surface area contributed by atoms with Gasteiger partial charge in [-0.3, -0.25) is 19.6 Å². The number of nitro groups is 1. The number of non-ortho nitro benzene ring substituents is 1. The Bertz CT molecular complexity index is 1530. The smallest absolute Gasteiger partial charge is 0.269 e. The van der Waals surface area contributed by atoms with Crippen LogP contribution in [0.3, 0.4) is 0 Å². The van der Waals surface area contributed by atoms with Gasteiger partial charge in [0.15, 0.2) is 11.6 Å². The number of hydrogen-bond acceptors (Lipinski definition) is 9. The molecule has 4 rings (SSSR count). The Balaban J connectivity index is 1.58. The number of nitrogens with one attached hydrogen (secondary N) is 2. The maximum absolute atomic E-state index is 13.0. The van der Waals surface area contributed by atoms with Crippen molar-refractivity contribution in [1.29, 1.82) is 0 Å². The third-order valence-corrected chi connectivity index (χ3v) is 6.81. The first kappa shape index (κ1) is 25.4. The van der Waals surface area contributed by atoms with E-state index >= 15 is 0 Å². The predicted octanol–water partition coefficient (Wildman–Crippen LogP) is 4.82. The van der Waals surface area contributed by atoms with Crippen LogP contribution in [0.1, 0.15) is 34.1 Å². The van der Waals surface area contributed by atoms with Crippen LogP contribution in [-0.2, 0) is 10.0 Å². The summed E-state index contributed by atoms with van der Waals surface area (Å²) < 4.78 is 32.5. The summed E-state index contributed by atoms with van der Waals surface area (Å²) >= 11 is 0. The zero-order valence-electron chi connectivity index (χ0n) is 19.5. The van der Waals surface area contributed by atoms with Crippen LogP contribution in [0.5, 0.6) is 5.75 Å². The molecule has 0 saturated carbocycles. The van der Waals surface area contributed by atoms with Gasteiger partial charge in [-0.05, 0) is 61.0 Å². The number of carbonyl (C=O) groups excluding carboxylic acids is 1. The summed E-state index contributed by atoms with van der Waals surface area (Å²) in [6.07, 6.45) is -0.0565. The zero-order valence-corrected chi connectivity index (χ0v) is 20.3. The number of rotatable bonds is 10. The summed E-state index contributed by atoms with van der Waals surface area (Å²) in [6.45, 7) is 1.63. The molecule has 0 aliphatic rings. The summed E-state index contributed by atoms with van der Waals surface area (Å²) in [6, 6.07) is 18.3. The lowest BCUT2D eigenvalue weighted by molar-refractivity contribution is -0.384. The minimum atomic E-state index is -3.92. The highest BCUT2D eigenvalue weighted by atomic mass is 32.2. The van der Waals surface area contributed by atoms with Crippen LogP contribution in [-0.4, -0.2) is 29.4 Å². The van der Waals surface area contributed by atoms with Crippen LogP contribution >= 0.6 is 0 Å². The fraction of sp³-hybridized carbons (Fsp3) is 0.120. The first-order valence-corrected chi connectivity index (χ1v) is 12.5. The lowest BCUT2D eigenvalue weighted by Crippen LogP contribution is -2.16. The Morgan fingerprint density at radius 1 is 1.08 bits per heavy atom. The maximum Gasteiger partial charge on any atom is 0.269 e. The summed E-state index contributed by atoms with van der Waals surface area (Å²) in [5.41, 5.74) is 1.23. The van der Waals surface area contributed by atoms with Crippen LogP contribution in [0.2, 0.25) is 0 Å². The second-order valence-corrected chi connectivity index (χ2v) is 9.86. The second kappa shape index (κ2) is 10.5. The van der Waals surface area contributed by atoms with E-state index < -0.39 is 21.0 Å². The fourth-order valence-electron chi connectivity index (χ4n) is 3.60. The summed E-state index contributed by atoms with van der Waals surface area (Å²) in [5.74, 6) is 0.271. The number of aryl methyl sites for hydroxylation is 1. The largest absolute Gasteiger partial charge is 0.508 e. The highest BCUT2D eigenvalue weighted by molar-refractivity contribution is 7.92. The van der Waals surface area contributed by atoms with E-state index in [2.05, 4.69) is 15.2 Å². The van der Waals surface area contributed by atoms with Gasteiger partial charge < -0.3 is 14.9 Å². The molecular formula is C25H22N4O7S. The van der Waals surface area contributed by atoms with Crippen molar-refractivity contribution in [2.75, 3.05) is 10.0 Å². The number of aromatic nitrogens is 1.